The second-order valence-corrected chi connectivity index (χ2v) is 6.16. The van der Waals surface area contributed by atoms with E-state index < -0.39 is 0 Å². The van der Waals surface area contributed by atoms with Crippen molar-refractivity contribution in [2.45, 2.75) is 43.8 Å². The van der Waals surface area contributed by atoms with Crippen LogP contribution < -0.4 is 24.8 Å². The fraction of sp³-hybridized carbons (Fsp3) is 0.588. The van der Waals surface area contributed by atoms with Crippen LogP contribution in [0, 0.1) is 0 Å². The number of benzene rings is 1. The number of methoxy groups -OCH3 is 3. The lowest BCUT2D eigenvalue weighted by molar-refractivity contribution is 0.0920. The molecule has 1 amide bonds. The first kappa shape index (κ1) is 18.7. The summed E-state index contributed by atoms with van der Waals surface area (Å²) in [6, 6.07) is 4.71. The minimum Gasteiger partial charge on any atom is -0.493 e. The molecule has 2 N–H and O–H groups in total. The normalized spacial score (nSPS) is 24.7. The van der Waals surface area contributed by atoms with E-state index >= 15 is 0 Å². The lowest BCUT2D eigenvalue weighted by Gasteiger charge is -2.30. The van der Waals surface area contributed by atoms with Gasteiger partial charge in [-0.05, 0) is 37.8 Å². The first-order chi connectivity index (χ1) is 11.2. The molecular weight excluding hydrogens is 332 g/mol. The third-order valence-electron chi connectivity index (χ3n) is 4.76. The molecule has 24 heavy (non-hydrogen) atoms. The van der Waals surface area contributed by atoms with E-state index in [0.717, 1.165) is 12.8 Å². The van der Waals surface area contributed by atoms with E-state index in [4.69, 9.17) is 14.2 Å². The maximum absolute atomic E-state index is 12.7. The van der Waals surface area contributed by atoms with Crippen LogP contribution in [0.3, 0.4) is 0 Å². The van der Waals surface area contributed by atoms with Gasteiger partial charge in [0.25, 0.3) is 5.91 Å². The molecule has 3 rings (SSSR count). The Bertz CT molecular complexity index is 584. The standard InChI is InChI=1S/C17H24N2O4.ClH/c1-21-14-7-6-13(15(22-2)16(14)23-3)17(20)19-12-8-10-4-5-11(9-12)18-10;/h6-7,10-12,18H,4-5,8-9H2,1-3H3,(H,19,20);1H. The second kappa shape index (κ2) is 7.94. The first-order valence-corrected chi connectivity index (χ1v) is 8.02. The lowest BCUT2D eigenvalue weighted by atomic mass is 9.99. The molecule has 2 unspecified atom stereocenters. The van der Waals surface area contributed by atoms with Crippen LogP contribution in [0.4, 0.5) is 0 Å². The summed E-state index contributed by atoms with van der Waals surface area (Å²) < 4.78 is 16.0. The Kier molecular flexibility index (Phi) is 6.18. The minimum absolute atomic E-state index is 0. The maximum Gasteiger partial charge on any atom is 0.255 e. The number of carbonyl (C=O) groups excluding carboxylic acids is 1. The zero-order valence-corrected chi connectivity index (χ0v) is 15.1. The zero-order valence-electron chi connectivity index (χ0n) is 14.3. The number of halogens is 1. The number of amides is 1. The van der Waals surface area contributed by atoms with Crippen LogP contribution in [0.15, 0.2) is 12.1 Å². The van der Waals surface area contributed by atoms with Gasteiger partial charge in [-0.15, -0.1) is 12.4 Å². The number of carbonyl (C=O) groups is 1. The summed E-state index contributed by atoms with van der Waals surface area (Å²) in [5.74, 6) is 1.25. The van der Waals surface area contributed by atoms with Gasteiger partial charge in [0.2, 0.25) is 5.75 Å². The molecule has 0 aromatic heterocycles. The van der Waals surface area contributed by atoms with Crippen molar-refractivity contribution < 1.29 is 19.0 Å². The monoisotopic (exact) mass is 356 g/mol. The van der Waals surface area contributed by atoms with E-state index in [0.29, 0.717) is 34.9 Å². The molecular formula is C17H25ClN2O4. The second-order valence-electron chi connectivity index (χ2n) is 6.16. The minimum atomic E-state index is -0.130. The van der Waals surface area contributed by atoms with Crippen molar-refractivity contribution in [1.82, 2.24) is 10.6 Å². The number of piperidine rings is 1. The van der Waals surface area contributed by atoms with Gasteiger partial charge in [0.05, 0.1) is 26.9 Å². The summed E-state index contributed by atoms with van der Waals surface area (Å²) in [5, 5.41) is 6.72. The molecule has 2 heterocycles. The number of rotatable bonds is 5. The summed E-state index contributed by atoms with van der Waals surface area (Å²) in [5.41, 5.74) is 0.469. The van der Waals surface area contributed by atoms with E-state index in [1.807, 2.05) is 0 Å². The maximum atomic E-state index is 12.7. The molecule has 2 fully saturated rings. The number of hydrogen-bond donors (Lipinski definition) is 2. The van der Waals surface area contributed by atoms with E-state index in [1.165, 1.54) is 27.1 Å². The van der Waals surface area contributed by atoms with Gasteiger partial charge in [0.15, 0.2) is 11.5 Å². The molecule has 7 heteroatoms. The summed E-state index contributed by atoms with van der Waals surface area (Å²) >= 11 is 0. The van der Waals surface area contributed by atoms with Crippen LogP contribution in [0.2, 0.25) is 0 Å². The molecule has 2 bridgehead atoms. The summed E-state index contributed by atoms with van der Waals surface area (Å²) in [6.07, 6.45) is 4.38. The topological polar surface area (TPSA) is 68.8 Å². The van der Waals surface area contributed by atoms with E-state index in [2.05, 4.69) is 10.6 Å². The van der Waals surface area contributed by atoms with Gasteiger partial charge >= 0.3 is 0 Å². The Labute approximate surface area is 148 Å². The van der Waals surface area contributed by atoms with Crippen molar-refractivity contribution in [3.05, 3.63) is 17.7 Å². The van der Waals surface area contributed by atoms with Gasteiger partial charge in [0.1, 0.15) is 0 Å². The molecule has 2 aliphatic heterocycles. The first-order valence-electron chi connectivity index (χ1n) is 8.02. The number of hydrogen-bond acceptors (Lipinski definition) is 5. The predicted octanol–water partition coefficient (Wildman–Crippen LogP) is 2.15. The highest BCUT2D eigenvalue weighted by molar-refractivity contribution is 5.98. The van der Waals surface area contributed by atoms with E-state index in [1.54, 1.807) is 19.2 Å². The smallest absolute Gasteiger partial charge is 0.255 e. The molecule has 0 saturated carbocycles. The molecule has 134 valence electrons. The van der Waals surface area contributed by atoms with Crippen molar-refractivity contribution in [3.63, 3.8) is 0 Å². The molecule has 0 radical (unpaired) electrons. The Morgan fingerprint density at radius 1 is 1.04 bits per heavy atom. The average Bonchev–Trinajstić information content (AvgIpc) is 2.91. The molecule has 1 aromatic rings. The molecule has 0 spiro atoms. The highest BCUT2D eigenvalue weighted by atomic mass is 35.5. The van der Waals surface area contributed by atoms with Gasteiger partial charge in [0, 0.05) is 18.1 Å². The van der Waals surface area contributed by atoms with Crippen LogP contribution in [0.5, 0.6) is 17.2 Å². The third kappa shape index (κ3) is 3.54. The number of fused-ring (bicyclic) bond motifs is 2. The predicted molar refractivity (Wildman–Crippen MR) is 93.8 cm³/mol. The third-order valence-corrected chi connectivity index (χ3v) is 4.76. The summed E-state index contributed by atoms with van der Waals surface area (Å²) in [7, 11) is 4.62. The molecule has 6 nitrogen and oxygen atoms in total. The largest absolute Gasteiger partial charge is 0.493 e. The van der Waals surface area contributed by atoms with Gasteiger partial charge in [-0.2, -0.15) is 0 Å². The molecule has 0 aliphatic carbocycles. The van der Waals surface area contributed by atoms with E-state index in [-0.39, 0.29) is 24.4 Å². The number of ether oxygens (including phenoxy) is 3. The molecule has 1 aromatic carbocycles. The van der Waals surface area contributed by atoms with Gasteiger partial charge in [-0.25, -0.2) is 0 Å². The fourth-order valence-corrected chi connectivity index (χ4v) is 3.72. The van der Waals surface area contributed by atoms with Crippen molar-refractivity contribution in [2.24, 2.45) is 0 Å². The highest BCUT2D eigenvalue weighted by Crippen LogP contribution is 2.39. The average molecular weight is 357 g/mol. The van der Waals surface area contributed by atoms with Crippen LogP contribution in [-0.4, -0.2) is 45.4 Å². The van der Waals surface area contributed by atoms with Crippen LogP contribution in [-0.2, 0) is 0 Å². The lowest BCUT2D eigenvalue weighted by Crippen LogP contribution is -2.48. The van der Waals surface area contributed by atoms with Gasteiger partial charge in [-0.1, -0.05) is 0 Å². The Balaban J connectivity index is 0.00000208. The van der Waals surface area contributed by atoms with Crippen molar-refractivity contribution in [2.75, 3.05) is 21.3 Å². The SMILES string of the molecule is COc1ccc(C(=O)NC2CC3CCC(C2)N3)c(OC)c1OC.Cl. The van der Waals surface area contributed by atoms with E-state index in [9.17, 15) is 4.79 Å². The van der Waals surface area contributed by atoms with Crippen molar-refractivity contribution >= 4 is 18.3 Å². The Hall–Kier alpha value is -1.66. The van der Waals surface area contributed by atoms with Crippen molar-refractivity contribution in [1.29, 1.82) is 0 Å². The highest BCUT2D eigenvalue weighted by Gasteiger charge is 2.34. The number of nitrogens with one attached hydrogen (secondary N) is 2. The quantitative estimate of drug-likeness (QED) is 0.846. The summed E-state index contributed by atoms with van der Waals surface area (Å²) in [4.78, 5) is 12.7. The van der Waals surface area contributed by atoms with Gasteiger partial charge < -0.3 is 24.8 Å². The molecule has 2 aliphatic rings. The Morgan fingerprint density at radius 2 is 1.67 bits per heavy atom. The zero-order chi connectivity index (χ0) is 16.4. The summed E-state index contributed by atoms with van der Waals surface area (Å²) in [6.45, 7) is 0. The van der Waals surface area contributed by atoms with Crippen molar-refractivity contribution in [3.8, 4) is 17.2 Å². The Morgan fingerprint density at radius 3 is 2.21 bits per heavy atom. The fourth-order valence-electron chi connectivity index (χ4n) is 3.72. The van der Waals surface area contributed by atoms with Gasteiger partial charge in [-0.3, -0.25) is 4.79 Å². The molecule has 2 saturated heterocycles. The van der Waals surface area contributed by atoms with Crippen LogP contribution >= 0.6 is 12.4 Å². The molecule has 2 atom stereocenters. The van der Waals surface area contributed by atoms with Crippen LogP contribution in [0.25, 0.3) is 0 Å². The van der Waals surface area contributed by atoms with Crippen LogP contribution in [0.1, 0.15) is 36.0 Å².